The molecule has 0 fully saturated rings. The lowest BCUT2D eigenvalue weighted by molar-refractivity contribution is 0.0706. The fourth-order valence-corrected chi connectivity index (χ4v) is 2.49. The summed E-state index contributed by atoms with van der Waals surface area (Å²) in [4.78, 5) is 11.6. The minimum atomic E-state index is -0.121. The van der Waals surface area contributed by atoms with Crippen molar-refractivity contribution in [2.45, 2.75) is 13.8 Å². The van der Waals surface area contributed by atoms with Gasteiger partial charge in [-0.15, -0.1) is 11.3 Å². The van der Waals surface area contributed by atoms with Crippen LogP contribution in [0.1, 0.15) is 24.2 Å². The fraction of sp³-hybridized carbons (Fsp3) is 0.500. The molecule has 0 N–H and O–H groups in total. The molecule has 84 valence electrons. The van der Waals surface area contributed by atoms with Gasteiger partial charge in [0.15, 0.2) is 5.78 Å². The highest BCUT2D eigenvalue weighted by Gasteiger charge is 2.14. The molecule has 0 saturated heterocycles. The van der Waals surface area contributed by atoms with Crippen molar-refractivity contribution in [1.29, 1.82) is 0 Å². The second-order valence-electron chi connectivity index (χ2n) is 3.57. The third-order valence-corrected chi connectivity index (χ3v) is 3.13. The van der Waals surface area contributed by atoms with Gasteiger partial charge in [-0.05, 0) is 12.0 Å². The van der Waals surface area contributed by atoms with E-state index in [1.807, 2.05) is 13.8 Å². The van der Waals surface area contributed by atoms with Gasteiger partial charge in [-0.25, -0.2) is 0 Å². The molecule has 1 rings (SSSR count). The summed E-state index contributed by atoms with van der Waals surface area (Å²) in [5, 5.41) is 0. The zero-order valence-electron chi connectivity index (χ0n) is 8.55. The minimum Gasteiger partial charge on any atom is -0.373 e. The molecule has 0 aliphatic rings. The Kier molecular flexibility index (Phi) is 5.06. The average molecular weight is 267 g/mol. The van der Waals surface area contributed by atoms with Crippen LogP contribution in [0.2, 0.25) is 8.67 Å². The predicted octanol–water partition coefficient (Wildman–Crippen LogP) is 3.91. The molecular weight excluding hydrogens is 255 g/mol. The number of thiophene rings is 1. The largest absolute Gasteiger partial charge is 0.373 e. The van der Waals surface area contributed by atoms with Gasteiger partial charge < -0.3 is 4.74 Å². The number of Topliss-reactive ketones (excluding diaryl/α,β-unsaturated/α-hetero) is 1. The molecule has 1 aromatic heterocycles. The molecular formula is C10H12Cl2O2S. The maximum Gasteiger partial charge on any atom is 0.190 e. The van der Waals surface area contributed by atoms with Crippen LogP contribution in [-0.2, 0) is 4.74 Å². The summed E-state index contributed by atoms with van der Waals surface area (Å²) in [6, 6.07) is 1.58. The highest BCUT2D eigenvalue weighted by molar-refractivity contribution is 7.20. The summed E-state index contributed by atoms with van der Waals surface area (Å²) < 4.78 is 6.18. The van der Waals surface area contributed by atoms with Crippen molar-refractivity contribution in [3.63, 3.8) is 0 Å². The quantitative estimate of drug-likeness (QED) is 0.756. The number of rotatable bonds is 5. The molecule has 0 unspecified atom stereocenters. The standard InChI is InChI=1S/C10H12Cl2O2S/c1-6(2)4-14-5-8(13)7-3-9(11)15-10(7)12/h3,6H,4-5H2,1-2H3. The van der Waals surface area contributed by atoms with Crippen LogP contribution < -0.4 is 0 Å². The highest BCUT2D eigenvalue weighted by atomic mass is 35.5. The average Bonchev–Trinajstić information content (AvgIpc) is 2.44. The monoisotopic (exact) mass is 266 g/mol. The van der Waals surface area contributed by atoms with E-state index in [-0.39, 0.29) is 12.4 Å². The van der Waals surface area contributed by atoms with E-state index in [9.17, 15) is 4.79 Å². The summed E-state index contributed by atoms with van der Waals surface area (Å²) in [6.07, 6.45) is 0. The molecule has 5 heteroatoms. The maximum absolute atomic E-state index is 11.6. The maximum atomic E-state index is 11.6. The molecule has 0 aromatic carbocycles. The Hall–Kier alpha value is -0.0900. The Morgan fingerprint density at radius 1 is 1.53 bits per heavy atom. The number of hydrogen-bond donors (Lipinski definition) is 0. The Labute approximate surface area is 103 Å². The Balaban J connectivity index is 2.50. The third-order valence-electron chi connectivity index (χ3n) is 1.64. The van der Waals surface area contributed by atoms with Crippen molar-refractivity contribution in [1.82, 2.24) is 0 Å². The van der Waals surface area contributed by atoms with E-state index in [0.29, 0.717) is 26.8 Å². The molecule has 0 radical (unpaired) electrons. The van der Waals surface area contributed by atoms with Crippen LogP contribution in [0.3, 0.4) is 0 Å². The van der Waals surface area contributed by atoms with Gasteiger partial charge in [-0.2, -0.15) is 0 Å². The lowest BCUT2D eigenvalue weighted by Gasteiger charge is -2.05. The molecule has 0 saturated carbocycles. The lowest BCUT2D eigenvalue weighted by atomic mass is 10.2. The number of ether oxygens (including phenoxy) is 1. The van der Waals surface area contributed by atoms with Gasteiger partial charge in [0.2, 0.25) is 0 Å². The van der Waals surface area contributed by atoms with E-state index >= 15 is 0 Å². The molecule has 1 aromatic rings. The van der Waals surface area contributed by atoms with E-state index < -0.39 is 0 Å². The van der Waals surface area contributed by atoms with Crippen LogP contribution in [0.15, 0.2) is 6.07 Å². The van der Waals surface area contributed by atoms with Crippen LogP contribution in [0.5, 0.6) is 0 Å². The van der Waals surface area contributed by atoms with Crippen molar-refractivity contribution in [2.75, 3.05) is 13.2 Å². The summed E-state index contributed by atoms with van der Waals surface area (Å²) in [6.45, 7) is 4.68. The number of halogens is 2. The van der Waals surface area contributed by atoms with E-state index in [4.69, 9.17) is 27.9 Å². The van der Waals surface area contributed by atoms with Gasteiger partial charge in [0.1, 0.15) is 10.9 Å². The van der Waals surface area contributed by atoms with Gasteiger partial charge in [0, 0.05) is 6.61 Å². The Morgan fingerprint density at radius 2 is 2.20 bits per heavy atom. The Bertz CT molecular complexity index is 347. The fourth-order valence-electron chi connectivity index (χ4n) is 0.995. The summed E-state index contributed by atoms with van der Waals surface area (Å²) in [5.74, 6) is 0.295. The molecule has 0 bridgehead atoms. The van der Waals surface area contributed by atoms with E-state index in [1.54, 1.807) is 6.07 Å². The number of carbonyl (C=O) groups is 1. The molecule has 0 spiro atoms. The van der Waals surface area contributed by atoms with Gasteiger partial charge in [0.25, 0.3) is 0 Å². The first kappa shape index (κ1) is 13.0. The van der Waals surface area contributed by atoms with Crippen molar-refractivity contribution in [3.05, 3.63) is 20.3 Å². The van der Waals surface area contributed by atoms with Crippen LogP contribution in [0, 0.1) is 5.92 Å². The number of carbonyl (C=O) groups excluding carboxylic acids is 1. The van der Waals surface area contributed by atoms with Gasteiger partial charge >= 0.3 is 0 Å². The molecule has 1 heterocycles. The first-order valence-corrected chi connectivity index (χ1v) is 6.13. The van der Waals surface area contributed by atoms with Gasteiger partial charge in [-0.1, -0.05) is 37.0 Å². The van der Waals surface area contributed by atoms with E-state index in [0.717, 1.165) is 0 Å². The van der Waals surface area contributed by atoms with Crippen LogP contribution in [-0.4, -0.2) is 19.0 Å². The Morgan fingerprint density at radius 3 is 2.67 bits per heavy atom. The molecule has 2 nitrogen and oxygen atoms in total. The molecule has 0 aliphatic heterocycles. The SMILES string of the molecule is CC(C)COCC(=O)c1cc(Cl)sc1Cl. The zero-order valence-corrected chi connectivity index (χ0v) is 10.9. The second-order valence-corrected chi connectivity index (χ2v) is 5.86. The first-order chi connectivity index (χ1) is 7.00. The van der Waals surface area contributed by atoms with Gasteiger partial charge in [-0.3, -0.25) is 4.79 Å². The van der Waals surface area contributed by atoms with Crippen molar-refractivity contribution >= 4 is 40.3 Å². The minimum absolute atomic E-state index is 0.0605. The molecule has 0 aliphatic carbocycles. The van der Waals surface area contributed by atoms with Gasteiger partial charge in [0.05, 0.1) is 9.90 Å². The van der Waals surface area contributed by atoms with E-state index in [1.165, 1.54) is 11.3 Å². The predicted molar refractivity (Wildman–Crippen MR) is 64.3 cm³/mol. The topological polar surface area (TPSA) is 26.3 Å². The van der Waals surface area contributed by atoms with Crippen LogP contribution in [0.25, 0.3) is 0 Å². The number of ketones is 1. The summed E-state index contributed by atoms with van der Waals surface area (Å²) >= 11 is 12.8. The molecule has 15 heavy (non-hydrogen) atoms. The van der Waals surface area contributed by atoms with Crippen LogP contribution in [0.4, 0.5) is 0 Å². The van der Waals surface area contributed by atoms with Crippen molar-refractivity contribution < 1.29 is 9.53 Å². The first-order valence-electron chi connectivity index (χ1n) is 4.56. The van der Waals surface area contributed by atoms with Crippen molar-refractivity contribution in [3.8, 4) is 0 Å². The molecule has 0 amide bonds. The third kappa shape index (κ3) is 4.11. The summed E-state index contributed by atoms with van der Waals surface area (Å²) in [7, 11) is 0. The summed E-state index contributed by atoms with van der Waals surface area (Å²) in [5.41, 5.74) is 0.454. The number of hydrogen-bond acceptors (Lipinski definition) is 3. The molecule has 0 atom stereocenters. The van der Waals surface area contributed by atoms with E-state index in [2.05, 4.69) is 0 Å². The normalized spacial score (nSPS) is 11.0. The zero-order chi connectivity index (χ0) is 11.4. The van der Waals surface area contributed by atoms with Crippen LogP contribution >= 0.6 is 34.5 Å². The van der Waals surface area contributed by atoms with Crippen molar-refractivity contribution in [2.24, 2.45) is 5.92 Å². The highest BCUT2D eigenvalue weighted by Crippen LogP contribution is 2.31. The smallest absolute Gasteiger partial charge is 0.190 e. The lowest BCUT2D eigenvalue weighted by Crippen LogP contribution is -2.11. The second kappa shape index (κ2) is 5.85.